The summed E-state index contributed by atoms with van der Waals surface area (Å²) in [7, 11) is -4.74. The van der Waals surface area contributed by atoms with E-state index in [1.807, 2.05) is 6.07 Å². The van der Waals surface area contributed by atoms with E-state index in [4.69, 9.17) is 44.0 Å². The van der Waals surface area contributed by atoms with Gasteiger partial charge in [-0.2, -0.15) is 10.4 Å². The Hall–Kier alpha value is -3.69. The average molecular weight is 685 g/mol. The molecule has 3 heterocycles. The molecule has 1 unspecified atom stereocenters. The van der Waals surface area contributed by atoms with Gasteiger partial charge in [0.2, 0.25) is 19.2 Å². The molecule has 2 aromatic rings. The Bertz CT molecular complexity index is 1540. The van der Waals surface area contributed by atoms with E-state index < -0.39 is 87.2 Å². The van der Waals surface area contributed by atoms with Crippen LogP contribution in [0.1, 0.15) is 54.2 Å². The van der Waals surface area contributed by atoms with Crippen LogP contribution in [0.4, 0.5) is 5.82 Å². The molecule has 6 atom stereocenters. The number of anilines is 1. The second-order valence-electron chi connectivity index (χ2n) is 12.3. The maximum atomic E-state index is 13.6. The molecule has 0 bridgehead atoms. The predicted molar refractivity (Wildman–Crippen MR) is 160 cm³/mol. The summed E-state index contributed by atoms with van der Waals surface area (Å²) in [6.45, 7) is 8.66. The van der Waals surface area contributed by atoms with Crippen LogP contribution in [-0.2, 0) is 57.1 Å². The third-order valence-electron chi connectivity index (χ3n) is 7.00. The standard InChI is InChI=1S/C28H41N6O12P/c1-15(2)20(30)25(37)45-21-18(46-28(11-29,22(21)35)19-9-8-17-23(31)32-12-33-34(17)19)10-42-47(39,43-13-40-24(36)16(3)4)44-14-41-26(38)27(5,6)7/h8-9,12,15-16,18,20-22,35H,10,13-14,30H2,1-7H3,(H2,31,32,33)/t18-,20+,21-,22-,28+,47?/m1/s1. The molecule has 1 fully saturated rings. The van der Waals surface area contributed by atoms with E-state index >= 15 is 0 Å². The first-order valence-corrected chi connectivity index (χ1v) is 16.0. The number of carbonyl (C=O) groups excluding carboxylic acids is 3. The minimum atomic E-state index is -4.74. The van der Waals surface area contributed by atoms with Crippen molar-refractivity contribution in [2.45, 2.75) is 78.4 Å². The third kappa shape index (κ3) is 8.62. The number of ether oxygens (including phenoxy) is 4. The van der Waals surface area contributed by atoms with Crippen LogP contribution in [0.3, 0.4) is 0 Å². The van der Waals surface area contributed by atoms with Crippen molar-refractivity contribution in [2.24, 2.45) is 23.0 Å². The monoisotopic (exact) mass is 684 g/mol. The second kappa shape index (κ2) is 15.0. The van der Waals surface area contributed by atoms with Gasteiger partial charge in [0.15, 0.2) is 11.9 Å². The van der Waals surface area contributed by atoms with Gasteiger partial charge in [-0.15, -0.1) is 0 Å². The number of aromatic nitrogens is 3. The molecule has 1 aliphatic rings. The molecule has 0 amide bonds. The lowest BCUT2D eigenvalue weighted by Gasteiger charge is -2.25. The minimum absolute atomic E-state index is 0.00122. The molecule has 47 heavy (non-hydrogen) atoms. The van der Waals surface area contributed by atoms with Crippen molar-refractivity contribution in [3.8, 4) is 6.07 Å². The number of phosphoric acid groups is 1. The Labute approximate surface area is 271 Å². The first-order chi connectivity index (χ1) is 21.9. The summed E-state index contributed by atoms with van der Waals surface area (Å²) < 4.78 is 52.1. The smallest absolute Gasteiger partial charge is 0.455 e. The fraction of sp³-hybridized carbons (Fsp3) is 0.643. The molecule has 1 saturated heterocycles. The van der Waals surface area contributed by atoms with Crippen molar-refractivity contribution in [1.82, 2.24) is 14.6 Å². The van der Waals surface area contributed by atoms with E-state index in [1.165, 1.54) is 16.6 Å². The number of hydrogen-bond donors (Lipinski definition) is 3. The van der Waals surface area contributed by atoms with Crippen LogP contribution in [0.5, 0.6) is 0 Å². The zero-order valence-corrected chi connectivity index (χ0v) is 28.0. The summed E-state index contributed by atoms with van der Waals surface area (Å²) in [5, 5.41) is 26.0. The lowest BCUT2D eigenvalue weighted by Crippen LogP contribution is -2.46. The number of carbonyl (C=O) groups is 3. The van der Waals surface area contributed by atoms with Crippen LogP contribution < -0.4 is 11.5 Å². The van der Waals surface area contributed by atoms with Crippen LogP contribution in [0.25, 0.3) is 5.52 Å². The molecule has 18 nitrogen and oxygen atoms in total. The van der Waals surface area contributed by atoms with Crippen LogP contribution in [0, 0.1) is 28.6 Å². The summed E-state index contributed by atoms with van der Waals surface area (Å²) in [5.41, 5.74) is 9.03. The molecule has 0 radical (unpaired) electrons. The highest BCUT2D eigenvalue weighted by Gasteiger charge is 2.60. The Morgan fingerprint density at radius 1 is 1.13 bits per heavy atom. The molecule has 5 N–H and O–H groups in total. The Balaban J connectivity index is 1.94. The zero-order valence-electron chi connectivity index (χ0n) is 27.1. The summed E-state index contributed by atoms with van der Waals surface area (Å²) in [6.07, 6.45) is -3.88. The van der Waals surface area contributed by atoms with Gasteiger partial charge in [-0.3, -0.25) is 18.9 Å². The van der Waals surface area contributed by atoms with E-state index in [2.05, 4.69) is 10.1 Å². The summed E-state index contributed by atoms with van der Waals surface area (Å²) in [5.74, 6) is -3.15. The largest absolute Gasteiger partial charge is 0.480 e. The predicted octanol–water partition coefficient (Wildman–Crippen LogP) is 1.55. The number of nitriles is 1. The fourth-order valence-corrected chi connectivity index (χ4v) is 5.03. The molecular weight excluding hydrogens is 643 g/mol. The summed E-state index contributed by atoms with van der Waals surface area (Å²) in [6, 6.07) is 3.71. The van der Waals surface area contributed by atoms with Crippen molar-refractivity contribution in [3.63, 3.8) is 0 Å². The number of nitrogen functional groups attached to an aromatic ring is 1. The average Bonchev–Trinajstić information content (AvgIpc) is 3.55. The van der Waals surface area contributed by atoms with Crippen LogP contribution >= 0.6 is 7.82 Å². The molecule has 2 aromatic heterocycles. The number of nitrogens with two attached hydrogens (primary N) is 2. The van der Waals surface area contributed by atoms with Gasteiger partial charge >= 0.3 is 25.7 Å². The van der Waals surface area contributed by atoms with Gasteiger partial charge in [-0.1, -0.05) is 27.7 Å². The number of rotatable bonds is 14. The molecule has 19 heteroatoms. The number of hydrogen-bond acceptors (Lipinski definition) is 17. The first-order valence-electron chi connectivity index (χ1n) is 14.6. The zero-order chi connectivity index (χ0) is 35.3. The van der Waals surface area contributed by atoms with E-state index in [-0.39, 0.29) is 22.9 Å². The molecule has 0 spiro atoms. The fourth-order valence-electron chi connectivity index (χ4n) is 4.11. The molecule has 3 rings (SSSR count). The van der Waals surface area contributed by atoms with Gasteiger partial charge in [0, 0.05) is 0 Å². The van der Waals surface area contributed by atoms with Gasteiger partial charge in [0.1, 0.15) is 36.2 Å². The number of fused-ring (bicyclic) bond motifs is 1. The number of esters is 3. The van der Waals surface area contributed by atoms with Gasteiger partial charge in [0.25, 0.3) is 0 Å². The molecule has 260 valence electrons. The van der Waals surface area contributed by atoms with Gasteiger partial charge in [0.05, 0.1) is 23.6 Å². The maximum Gasteiger partial charge on any atom is 0.480 e. The Morgan fingerprint density at radius 3 is 2.34 bits per heavy atom. The number of aliphatic hydroxyl groups excluding tert-OH is 1. The topological polar surface area (TPSA) is 259 Å². The molecule has 0 aromatic carbocycles. The van der Waals surface area contributed by atoms with Crippen LogP contribution in [0.2, 0.25) is 0 Å². The number of phosphoric ester groups is 1. The van der Waals surface area contributed by atoms with Crippen LogP contribution in [0.15, 0.2) is 18.5 Å². The quantitative estimate of drug-likeness (QED) is 0.110. The van der Waals surface area contributed by atoms with Gasteiger partial charge in [-0.25, -0.2) is 23.1 Å². The number of aliphatic hydroxyl groups is 1. The highest BCUT2D eigenvalue weighted by Crippen LogP contribution is 2.51. The van der Waals surface area contributed by atoms with Crippen molar-refractivity contribution < 1.29 is 56.6 Å². The third-order valence-corrected chi connectivity index (χ3v) is 8.30. The lowest BCUT2D eigenvalue weighted by atomic mass is 9.92. The molecule has 0 aliphatic carbocycles. The molecule has 0 saturated carbocycles. The highest BCUT2D eigenvalue weighted by atomic mass is 31.2. The normalized spacial score (nSPS) is 23.3. The maximum absolute atomic E-state index is 13.6. The molecule has 1 aliphatic heterocycles. The summed E-state index contributed by atoms with van der Waals surface area (Å²) in [4.78, 5) is 41.0. The lowest BCUT2D eigenvalue weighted by molar-refractivity contribution is -0.162. The highest BCUT2D eigenvalue weighted by molar-refractivity contribution is 7.48. The van der Waals surface area contributed by atoms with Crippen molar-refractivity contribution in [2.75, 3.05) is 25.9 Å². The van der Waals surface area contributed by atoms with Gasteiger partial charge < -0.3 is 35.5 Å². The minimum Gasteiger partial charge on any atom is -0.455 e. The van der Waals surface area contributed by atoms with Crippen molar-refractivity contribution >= 4 is 37.1 Å². The second-order valence-corrected chi connectivity index (χ2v) is 14.0. The van der Waals surface area contributed by atoms with Gasteiger partial charge in [-0.05, 0) is 38.8 Å². The van der Waals surface area contributed by atoms with Crippen LogP contribution in [-0.4, -0.2) is 82.2 Å². The Morgan fingerprint density at radius 2 is 1.77 bits per heavy atom. The SMILES string of the molecule is CC(C)C(=O)OCOP(=O)(OCOC(=O)C(C)(C)C)OC[C@H]1O[C@@](C#N)(c2ccc3c(N)ncnn23)[C@H](O)[C@@H]1OC(=O)[C@@H](N)C(C)C. The summed E-state index contributed by atoms with van der Waals surface area (Å²) >= 11 is 0. The first kappa shape index (κ1) is 37.8. The Kier molecular flexibility index (Phi) is 12.1. The van der Waals surface area contributed by atoms with E-state index in [9.17, 15) is 29.3 Å². The van der Waals surface area contributed by atoms with E-state index in [0.29, 0.717) is 0 Å². The molecular formula is C28H41N6O12P. The van der Waals surface area contributed by atoms with E-state index in [1.54, 1.807) is 48.5 Å². The number of nitrogens with zero attached hydrogens (tertiary/aromatic N) is 4. The van der Waals surface area contributed by atoms with Crippen molar-refractivity contribution in [3.05, 3.63) is 24.2 Å². The van der Waals surface area contributed by atoms with E-state index in [0.717, 1.165) is 6.33 Å². The van der Waals surface area contributed by atoms with Crippen molar-refractivity contribution in [1.29, 1.82) is 5.26 Å².